The molecule has 0 spiro atoms. The Morgan fingerprint density at radius 3 is 2.50 bits per heavy atom. The monoisotopic (exact) mass is 505 g/mol. The fourth-order valence-corrected chi connectivity index (χ4v) is 4.85. The number of carbonyl (C=O) groups excluding carboxylic acids is 1. The Labute approximate surface area is 220 Å². The fourth-order valence-electron chi connectivity index (χ4n) is 4.85. The molecule has 6 rings (SSSR count). The smallest absolute Gasteiger partial charge is 0.254 e. The second-order valence-corrected chi connectivity index (χ2v) is 10.1. The minimum atomic E-state index is -1.06. The number of aromatic nitrogens is 2. The van der Waals surface area contributed by atoms with Crippen molar-refractivity contribution in [1.82, 2.24) is 14.9 Å². The van der Waals surface area contributed by atoms with Gasteiger partial charge in [-0.15, -0.1) is 0 Å². The van der Waals surface area contributed by atoms with Crippen molar-refractivity contribution in [3.63, 3.8) is 0 Å². The van der Waals surface area contributed by atoms with Gasteiger partial charge in [-0.05, 0) is 73.0 Å². The van der Waals surface area contributed by atoms with E-state index in [0.29, 0.717) is 35.7 Å². The van der Waals surface area contributed by atoms with E-state index >= 15 is 0 Å². The molecule has 1 aliphatic heterocycles. The van der Waals surface area contributed by atoms with Gasteiger partial charge in [0.2, 0.25) is 0 Å². The third-order valence-electron chi connectivity index (χ3n) is 6.91. The van der Waals surface area contributed by atoms with Crippen LogP contribution in [-0.4, -0.2) is 33.0 Å². The lowest BCUT2D eigenvalue weighted by Gasteiger charge is -2.17. The second kappa shape index (κ2) is 9.11. The topological polar surface area (TPSA) is 88.7 Å². The number of hydrogen-bond donors (Lipinski definition) is 1. The lowest BCUT2D eigenvalue weighted by molar-refractivity contribution is 0.0738. The normalized spacial score (nSPS) is 13.3. The highest BCUT2D eigenvalue weighted by atomic mass is 16.5. The third-order valence-corrected chi connectivity index (χ3v) is 6.91. The third kappa shape index (κ3) is 4.31. The molecule has 0 unspecified atom stereocenters. The molecule has 0 saturated carbocycles. The Morgan fingerprint density at radius 2 is 1.74 bits per heavy atom. The van der Waals surface area contributed by atoms with Gasteiger partial charge in [0.25, 0.3) is 5.91 Å². The van der Waals surface area contributed by atoms with E-state index in [2.05, 4.69) is 9.97 Å². The van der Waals surface area contributed by atoms with Crippen LogP contribution in [0.4, 0.5) is 0 Å². The van der Waals surface area contributed by atoms with E-state index in [1.54, 1.807) is 33.4 Å². The van der Waals surface area contributed by atoms with Gasteiger partial charge in [0.1, 0.15) is 22.6 Å². The highest BCUT2D eigenvalue weighted by Gasteiger charge is 2.28. The molecular formula is C31H27N3O4. The van der Waals surface area contributed by atoms with Gasteiger partial charge < -0.3 is 19.2 Å². The number of amides is 1. The number of furan rings is 1. The molecule has 0 atom stereocenters. The van der Waals surface area contributed by atoms with Crippen molar-refractivity contribution in [2.45, 2.75) is 32.5 Å². The van der Waals surface area contributed by atoms with E-state index in [9.17, 15) is 9.90 Å². The lowest BCUT2D eigenvalue weighted by atomic mass is 10.00. The lowest BCUT2D eigenvalue weighted by Crippen LogP contribution is -2.23. The highest BCUT2D eigenvalue weighted by molar-refractivity contribution is 5.99. The Morgan fingerprint density at radius 1 is 0.947 bits per heavy atom. The van der Waals surface area contributed by atoms with Crippen LogP contribution in [0.5, 0.6) is 5.75 Å². The summed E-state index contributed by atoms with van der Waals surface area (Å²) in [7, 11) is 1.64. The van der Waals surface area contributed by atoms with E-state index < -0.39 is 5.60 Å². The first kappa shape index (κ1) is 23.9. The zero-order valence-corrected chi connectivity index (χ0v) is 21.4. The molecule has 2 aromatic carbocycles. The van der Waals surface area contributed by atoms with Gasteiger partial charge in [-0.2, -0.15) is 0 Å². The Balaban J connectivity index is 1.30. The maximum absolute atomic E-state index is 13.1. The van der Waals surface area contributed by atoms with Gasteiger partial charge in [-0.25, -0.2) is 0 Å². The van der Waals surface area contributed by atoms with Crippen molar-refractivity contribution in [3.8, 4) is 28.2 Å². The second-order valence-electron chi connectivity index (χ2n) is 10.1. The summed E-state index contributed by atoms with van der Waals surface area (Å²) in [6.07, 6.45) is 3.44. The molecule has 0 bridgehead atoms. The van der Waals surface area contributed by atoms with Crippen molar-refractivity contribution >= 4 is 17.0 Å². The first-order valence-corrected chi connectivity index (χ1v) is 12.4. The molecule has 1 amide bonds. The average Bonchev–Trinajstić information content (AvgIpc) is 3.49. The van der Waals surface area contributed by atoms with E-state index in [-0.39, 0.29) is 5.91 Å². The average molecular weight is 506 g/mol. The van der Waals surface area contributed by atoms with Crippen LogP contribution in [0.25, 0.3) is 33.6 Å². The van der Waals surface area contributed by atoms with Crippen molar-refractivity contribution in [2.75, 3.05) is 7.11 Å². The first-order valence-electron chi connectivity index (χ1n) is 12.4. The van der Waals surface area contributed by atoms with Gasteiger partial charge in [-0.3, -0.25) is 14.8 Å². The molecule has 0 aliphatic carbocycles. The quantitative estimate of drug-likeness (QED) is 0.307. The van der Waals surface area contributed by atoms with Gasteiger partial charge in [0.05, 0.1) is 12.8 Å². The van der Waals surface area contributed by atoms with Crippen molar-refractivity contribution in [1.29, 1.82) is 0 Å². The minimum Gasteiger partial charge on any atom is -0.497 e. The fraction of sp³-hybridized carbons (Fsp3) is 0.194. The van der Waals surface area contributed by atoms with E-state index in [1.165, 1.54) is 0 Å². The number of aliphatic hydroxyl groups is 1. The number of pyridine rings is 2. The number of ether oxygens (including phenoxy) is 1. The number of rotatable bonds is 6. The molecule has 0 fully saturated rings. The number of nitrogens with zero attached hydrogens (tertiary/aromatic N) is 3. The molecule has 7 heteroatoms. The molecular weight excluding hydrogens is 478 g/mol. The number of methoxy groups -OCH3 is 1. The Hall–Kier alpha value is -4.49. The summed E-state index contributed by atoms with van der Waals surface area (Å²) in [5, 5.41) is 10.4. The maximum Gasteiger partial charge on any atom is 0.254 e. The predicted octanol–water partition coefficient (Wildman–Crippen LogP) is 5.95. The van der Waals surface area contributed by atoms with Gasteiger partial charge in [0, 0.05) is 48.2 Å². The summed E-state index contributed by atoms with van der Waals surface area (Å²) in [6, 6.07) is 21.2. The summed E-state index contributed by atoms with van der Waals surface area (Å²) in [4.78, 5) is 23.7. The van der Waals surface area contributed by atoms with Crippen LogP contribution in [0.1, 0.15) is 41.0 Å². The molecule has 1 N–H and O–H groups in total. The van der Waals surface area contributed by atoms with Gasteiger partial charge >= 0.3 is 0 Å². The molecule has 3 aromatic heterocycles. The van der Waals surface area contributed by atoms with Crippen LogP contribution >= 0.6 is 0 Å². The Kier molecular flexibility index (Phi) is 5.73. The number of fused-ring (bicyclic) bond motifs is 2. The van der Waals surface area contributed by atoms with Crippen LogP contribution in [0, 0.1) is 0 Å². The highest BCUT2D eigenvalue weighted by Crippen LogP contribution is 2.36. The van der Waals surface area contributed by atoms with Crippen LogP contribution < -0.4 is 4.74 Å². The molecule has 1 aliphatic rings. The summed E-state index contributed by atoms with van der Waals surface area (Å²) in [5.41, 5.74) is 6.30. The summed E-state index contributed by atoms with van der Waals surface area (Å²) >= 11 is 0. The van der Waals surface area contributed by atoms with Crippen LogP contribution in [0.15, 0.2) is 83.5 Å². The molecule has 4 heterocycles. The SMILES string of the molecule is COc1ccc(CN2Cc3cc(-c4cc5nccc(-c6ccnc(C(C)(C)O)c6)c5o4)ccc3C2=O)cc1. The van der Waals surface area contributed by atoms with E-state index in [1.807, 2.05) is 71.6 Å². The Bertz CT molecular complexity index is 1670. The minimum absolute atomic E-state index is 0.0243. The largest absolute Gasteiger partial charge is 0.497 e. The van der Waals surface area contributed by atoms with Crippen LogP contribution in [0.3, 0.4) is 0 Å². The van der Waals surface area contributed by atoms with Crippen LogP contribution in [-0.2, 0) is 18.7 Å². The van der Waals surface area contributed by atoms with Crippen molar-refractivity contribution < 1.29 is 19.1 Å². The van der Waals surface area contributed by atoms with Gasteiger partial charge in [-0.1, -0.05) is 18.2 Å². The zero-order chi connectivity index (χ0) is 26.4. The van der Waals surface area contributed by atoms with Crippen molar-refractivity contribution in [3.05, 3.63) is 102 Å². The number of hydrogen-bond acceptors (Lipinski definition) is 6. The van der Waals surface area contributed by atoms with E-state index in [4.69, 9.17) is 9.15 Å². The zero-order valence-electron chi connectivity index (χ0n) is 21.4. The first-order chi connectivity index (χ1) is 18.3. The number of carbonyl (C=O) groups is 1. The van der Waals surface area contributed by atoms with Gasteiger partial charge in [0.15, 0.2) is 5.58 Å². The maximum atomic E-state index is 13.1. The molecule has 38 heavy (non-hydrogen) atoms. The van der Waals surface area contributed by atoms with Crippen LogP contribution in [0.2, 0.25) is 0 Å². The van der Waals surface area contributed by atoms with Crippen molar-refractivity contribution in [2.24, 2.45) is 0 Å². The summed E-state index contributed by atoms with van der Waals surface area (Å²) in [6.45, 7) is 4.49. The summed E-state index contributed by atoms with van der Waals surface area (Å²) < 4.78 is 11.6. The molecule has 0 saturated heterocycles. The molecule has 7 nitrogen and oxygen atoms in total. The molecule has 5 aromatic rings. The summed E-state index contributed by atoms with van der Waals surface area (Å²) in [5.74, 6) is 1.50. The van der Waals surface area contributed by atoms with E-state index in [0.717, 1.165) is 39.1 Å². The standard InChI is InChI=1S/C31H27N3O4/c1-31(2,36)28-15-20(10-12-33-28)24-11-13-32-26-16-27(38-29(24)26)21-6-9-25-22(14-21)18-34(30(25)35)17-19-4-7-23(37-3)8-5-19/h4-16,36H,17-18H2,1-3H3. The molecule has 0 radical (unpaired) electrons. The number of benzene rings is 2. The predicted molar refractivity (Wildman–Crippen MR) is 144 cm³/mol. The molecule has 190 valence electrons.